The van der Waals surface area contributed by atoms with Crippen molar-refractivity contribution < 1.29 is 0 Å². The molecule has 2 N–H and O–H groups in total. The minimum Gasteiger partial charge on any atom is -0.327 e. The molecule has 1 aliphatic rings. The van der Waals surface area contributed by atoms with Crippen molar-refractivity contribution in [3.05, 3.63) is 0 Å². The maximum Gasteiger partial charge on any atom is 0.00696 e. The lowest BCUT2D eigenvalue weighted by atomic mass is 9.81. The van der Waals surface area contributed by atoms with Crippen LogP contribution in [0.1, 0.15) is 58.8 Å². The Morgan fingerprint density at radius 3 is 2.38 bits per heavy atom. The van der Waals surface area contributed by atoms with Crippen LogP contribution in [0.3, 0.4) is 0 Å². The number of hydrogen-bond acceptors (Lipinski definition) is 1. The van der Waals surface area contributed by atoms with Crippen LogP contribution in [0.4, 0.5) is 0 Å². The minimum atomic E-state index is 0.482. The van der Waals surface area contributed by atoms with Gasteiger partial charge in [0.1, 0.15) is 0 Å². The molecule has 0 aliphatic heterocycles. The van der Waals surface area contributed by atoms with E-state index in [1.807, 2.05) is 0 Å². The Hall–Kier alpha value is -0.0400. The second-order valence-corrected chi connectivity index (χ2v) is 4.81. The number of rotatable bonds is 4. The van der Waals surface area contributed by atoms with Gasteiger partial charge in [0, 0.05) is 6.04 Å². The highest BCUT2D eigenvalue weighted by Gasteiger charge is 2.21. The summed E-state index contributed by atoms with van der Waals surface area (Å²) in [6.45, 7) is 4.58. The van der Waals surface area contributed by atoms with Crippen LogP contribution < -0.4 is 5.73 Å². The molecule has 0 amide bonds. The molecule has 0 saturated heterocycles. The molecule has 1 fully saturated rings. The van der Waals surface area contributed by atoms with Gasteiger partial charge in [0.15, 0.2) is 0 Å². The summed E-state index contributed by atoms with van der Waals surface area (Å²) in [4.78, 5) is 0. The molecule has 2 atom stereocenters. The molecular weight excluding hydrogens is 158 g/mol. The molecule has 0 aromatic carbocycles. The van der Waals surface area contributed by atoms with E-state index in [0.29, 0.717) is 6.04 Å². The summed E-state index contributed by atoms with van der Waals surface area (Å²) < 4.78 is 0. The molecule has 0 bridgehead atoms. The molecule has 2 unspecified atom stereocenters. The molecule has 1 saturated carbocycles. The van der Waals surface area contributed by atoms with E-state index >= 15 is 0 Å². The van der Waals surface area contributed by atoms with E-state index in [2.05, 4.69) is 13.8 Å². The topological polar surface area (TPSA) is 26.0 Å². The first-order valence-corrected chi connectivity index (χ1v) is 5.99. The van der Waals surface area contributed by atoms with Gasteiger partial charge >= 0.3 is 0 Å². The smallest absolute Gasteiger partial charge is 0.00696 e. The summed E-state index contributed by atoms with van der Waals surface area (Å²) in [5, 5.41) is 0. The lowest BCUT2D eigenvalue weighted by Gasteiger charge is -2.29. The van der Waals surface area contributed by atoms with Crippen molar-refractivity contribution in [3.8, 4) is 0 Å². The van der Waals surface area contributed by atoms with Crippen LogP contribution in [0.25, 0.3) is 0 Å². The van der Waals surface area contributed by atoms with Crippen molar-refractivity contribution in [2.45, 2.75) is 64.8 Å². The van der Waals surface area contributed by atoms with Gasteiger partial charge in [0.25, 0.3) is 0 Å². The molecule has 78 valence electrons. The predicted octanol–water partition coefficient (Wildman–Crippen LogP) is 3.33. The Kier molecular flexibility index (Phi) is 4.79. The van der Waals surface area contributed by atoms with E-state index in [1.165, 1.54) is 44.9 Å². The third kappa shape index (κ3) is 3.68. The van der Waals surface area contributed by atoms with Gasteiger partial charge in [0.2, 0.25) is 0 Å². The monoisotopic (exact) mass is 183 g/mol. The van der Waals surface area contributed by atoms with Crippen LogP contribution in [0.15, 0.2) is 0 Å². The van der Waals surface area contributed by atoms with Gasteiger partial charge in [0.05, 0.1) is 0 Å². The number of nitrogens with two attached hydrogens (primary N) is 1. The maximum absolute atomic E-state index is 6.22. The molecule has 1 rings (SSSR count). The second-order valence-electron chi connectivity index (χ2n) is 4.81. The van der Waals surface area contributed by atoms with Crippen molar-refractivity contribution in [2.75, 3.05) is 0 Å². The highest BCUT2D eigenvalue weighted by atomic mass is 14.7. The van der Waals surface area contributed by atoms with E-state index in [4.69, 9.17) is 5.73 Å². The highest BCUT2D eigenvalue weighted by Crippen LogP contribution is 2.28. The van der Waals surface area contributed by atoms with Gasteiger partial charge in [-0.2, -0.15) is 0 Å². The lowest BCUT2D eigenvalue weighted by molar-refractivity contribution is 0.272. The van der Waals surface area contributed by atoms with Gasteiger partial charge in [-0.25, -0.2) is 0 Å². The Labute approximate surface area is 83.1 Å². The molecule has 0 heterocycles. The van der Waals surface area contributed by atoms with E-state index in [1.54, 1.807) is 0 Å². The van der Waals surface area contributed by atoms with Crippen LogP contribution in [0, 0.1) is 11.8 Å². The third-order valence-electron chi connectivity index (χ3n) is 3.63. The van der Waals surface area contributed by atoms with Crippen molar-refractivity contribution >= 4 is 0 Å². The second kappa shape index (κ2) is 5.64. The van der Waals surface area contributed by atoms with E-state index < -0.39 is 0 Å². The molecule has 1 nitrogen and oxygen atoms in total. The molecule has 13 heavy (non-hydrogen) atoms. The average Bonchev–Trinajstić information content (AvgIpc) is 2.19. The maximum atomic E-state index is 6.22. The minimum absolute atomic E-state index is 0.482. The van der Waals surface area contributed by atoms with Crippen LogP contribution >= 0.6 is 0 Å². The zero-order valence-electron chi connectivity index (χ0n) is 9.26. The fourth-order valence-corrected chi connectivity index (χ4v) is 2.39. The van der Waals surface area contributed by atoms with E-state index in [0.717, 1.165) is 11.8 Å². The fourth-order valence-electron chi connectivity index (χ4n) is 2.39. The first-order valence-electron chi connectivity index (χ1n) is 5.99. The fraction of sp³-hybridized carbons (Fsp3) is 1.00. The molecule has 0 spiro atoms. The largest absolute Gasteiger partial charge is 0.327 e. The quantitative estimate of drug-likeness (QED) is 0.711. The van der Waals surface area contributed by atoms with Crippen molar-refractivity contribution in [1.82, 2.24) is 0 Å². The molecule has 1 heteroatoms. The third-order valence-corrected chi connectivity index (χ3v) is 3.63. The molecule has 0 aromatic heterocycles. The first kappa shape index (κ1) is 11.0. The molecular formula is C12H25N. The summed E-state index contributed by atoms with van der Waals surface area (Å²) in [5.74, 6) is 1.65. The summed E-state index contributed by atoms with van der Waals surface area (Å²) in [6, 6.07) is 0.482. The summed E-state index contributed by atoms with van der Waals surface area (Å²) in [6.07, 6.45) is 9.56. The van der Waals surface area contributed by atoms with Crippen LogP contribution in [0.2, 0.25) is 0 Å². The SMILES string of the molecule is CCC(C)CC(N)C1CCCCC1. The zero-order chi connectivity index (χ0) is 9.68. The zero-order valence-corrected chi connectivity index (χ0v) is 9.26. The summed E-state index contributed by atoms with van der Waals surface area (Å²) >= 11 is 0. The Morgan fingerprint density at radius 2 is 1.85 bits per heavy atom. The molecule has 0 aromatic rings. The standard InChI is InChI=1S/C12H25N/c1-3-10(2)9-12(13)11-7-5-4-6-8-11/h10-12H,3-9,13H2,1-2H3. The normalized spacial score (nSPS) is 24.2. The molecule has 1 aliphatic carbocycles. The first-order chi connectivity index (χ1) is 6.24. The summed E-state index contributed by atoms with van der Waals surface area (Å²) in [7, 11) is 0. The van der Waals surface area contributed by atoms with Gasteiger partial charge in [-0.15, -0.1) is 0 Å². The van der Waals surface area contributed by atoms with Crippen LogP contribution in [0.5, 0.6) is 0 Å². The lowest BCUT2D eigenvalue weighted by Crippen LogP contribution is -2.33. The van der Waals surface area contributed by atoms with Crippen LogP contribution in [-0.2, 0) is 0 Å². The van der Waals surface area contributed by atoms with E-state index in [9.17, 15) is 0 Å². The molecule has 0 radical (unpaired) electrons. The van der Waals surface area contributed by atoms with Crippen molar-refractivity contribution in [2.24, 2.45) is 17.6 Å². The average molecular weight is 183 g/mol. The van der Waals surface area contributed by atoms with Gasteiger partial charge in [-0.3, -0.25) is 0 Å². The van der Waals surface area contributed by atoms with Gasteiger partial charge in [-0.05, 0) is 31.1 Å². The summed E-state index contributed by atoms with van der Waals surface area (Å²) in [5.41, 5.74) is 6.22. The van der Waals surface area contributed by atoms with Gasteiger partial charge in [-0.1, -0.05) is 39.5 Å². The predicted molar refractivity (Wildman–Crippen MR) is 58.6 cm³/mol. The highest BCUT2D eigenvalue weighted by molar-refractivity contribution is 4.77. The number of hydrogen-bond donors (Lipinski definition) is 1. The Bertz CT molecular complexity index is 127. The Balaban J connectivity index is 2.24. The van der Waals surface area contributed by atoms with Crippen molar-refractivity contribution in [3.63, 3.8) is 0 Å². The van der Waals surface area contributed by atoms with Crippen LogP contribution in [-0.4, -0.2) is 6.04 Å². The Morgan fingerprint density at radius 1 is 1.23 bits per heavy atom. The van der Waals surface area contributed by atoms with Crippen molar-refractivity contribution in [1.29, 1.82) is 0 Å². The van der Waals surface area contributed by atoms with Gasteiger partial charge < -0.3 is 5.73 Å². The van der Waals surface area contributed by atoms with E-state index in [-0.39, 0.29) is 0 Å².